The highest BCUT2D eigenvalue weighted by Crippen LogP contribution is 2.42. The maximum atomic E-state index is 3.57. The van der Waals surface area contributed by atoms with Crippen LogP contribution in [0.4, 0.5) is 11.4 Å². The van der Waals surface area contributed by atoms with Crippen LogP contribution in [0.25, 0.3) is 53.2 Å². The van der Waals surface area contributed by atoms with E-state index in [1.54, 1.807) is 0 Å². The second kappa shape index (κ2) is 8.67. The van der Waals surface area contributed by atoms with Crippen LogP contribution in [0.15, 0.2) is 133 Å². The van der Waals surface area contributed by atoms with Crippen molar-refractivity contribution in [3.8, 4) is 22.3 Å². The maximum Gasteiger partial charge on any atom is 0.0434 e. The number of fused-ring (bicyclic) bond motifs is 5. The lowest BCUT2D eigenvalue weighted by molar-refractivity contribution is 1.54. The summed E-state index contributed by atoms with van der Waals surface area (Å²) in [7, 11) is 0. The number of benzene rings is 6. The molecule has 0 aliphatic carbocycles. The fourth-order valence-corrected chi connectivity index (χ4v) is 6.43. The average Bonchev–Trinajstić information content (AvgIpc) is 3.34. The first kappa shape index (κ1) is 20.9. The summed E-state index contributed by atoms with van der Waals surface area (Å²) in [6.45, 7) is 0. The molecule has 1 N–H and O–H groups in total. The molecular weight excluding hydrogens is 454 g/mol. The van der Waals surface area contributed by atoms with Gasteiger partial charge in [0.05, 0.1) is 0 Å². The van der Waals surface area contributed by atoms with Gasteiger partial charge in [-0.05, 0) is 57.3 Å². The van der Waals surface area contributed by atoms with Gasteiger partial charge in [-0.15, -0.1) is 11.3 Å². The first-order valence-corrected chi connectivity index (χ1v) is 13.0. The first-order valence-electron chi connectivity index (χ1n) is 12.2. The van der Waals surface area contributed by atoms with E-state index in [2.05, 4.69) is 139 Å². The van der Waals surface area contributed by atoms with Gasteiger partial charge in [-0.2, -0.15) is 0 Å². The highest BCUT2D eigenvalue weighted by atomic mass is 32.1. The van der Waals surface area contributed by atoms with E-state index < -0.39 is 0 Å². The number of nitrogens with one attached hydrogen (secondary N) is 1. The van der Waals surface area contributed by atoms with Gasteiger partial charge in [-0.1, -0.05) is 109 Å². The standard InChI is InChI=1S/C34H23NS/c1-2-8-23(9-3-1)26-11-6-12-28(22-26)35-27-19-16-25(17-20-27)30-14-7-15-31-32-21-18-24-10-4-5-13-29(24)34(32)36-33(30)31/h1-22,35H. The summed E-state index contributed by atoms with van der Waals surface area (Å²) in [6.07, 6.45) is 0. The Hall–Kier alpha value is -4.40. The van der Waals surface area contributed by atoms with E-state index >= 15 is 0 Å². The molecule has 0 fully saturated rings. The van der Waals surface area contributed by atoms with Crippen molar-refractivity contribution in [2.24, 2.45) is 0 Å². The van der Waals surface area contributed by atoms with E-state index in [-0.39, 0.29) is 0 Å². The average molecular weight is 478 g/mol. The Morgan fingerprint density at radius 3 is 2.03 bits per heavy atom. The molecule has 1 heterocycles. The summed E-state index contributed by atoms with van der Waals surface area (Å²) in [5.74, 6) is 0. The first-order chi connectivity index (χ1) is 17.8. The van der Waals surface area contributed by atoms with Crippen molar-refractivity contribution >= 4 is 53.7 Å². The second-order valence-electron chi connectivity index (χ2n) is 9.10. The van der Waals surface area contributed by atoms with Crippen LogP contribution in [0.2, 0.25) is 0 Å². The maximum absolute atomic E-state index is 3.57. The van der Waals surface area contributed by atoms with Crippen molar-refractivity contribution in [1.29, 1.82) is 0 Å². The molecule has 1 aromatic heterocycles. The third kappa shape index (κ3) is 3.64. The molecule has 0 saturated heterocycles. The Kier molecular flexibility index (Phi) is 5.04. The predicted molar refractivity (Wildman–Crippen MR) is 157 cm³/mol. The van der Waals surface area contributed by atoms with Crippen molar-refractivity contribution in [1.82, 2.24) is 0 Å². The topological polar surface area (TPSA) is 12.0 Å². The van der Waals surface area contributed by atoms with Crippen molar-refractivity contribution in [3.05, 3.63) is 133 Å². The van der Waals surface area contributed by atoms with E-state index in [4.69, 9.17) is 0 Å². The second-order valence-corrected chi connectivity index (χ2v) is 10.1. The predicted octanol–water partition coefficient (Wildman–Crippen LogP) is 10.3. The Labute approximate surface area is 214 Å². The number of hydrogen-bond acceptors (Lipinski definition) is 2. The molecule has 0 saturated carbocycles. The highest BCUT2D eigenvalue weighted by molar-refractivity contribution is 7.27. The Morgan fingerprint density at radius 1 is 0.417 bits per heavy atom. The molecule has 0 atom stereocenters. The SMILES string of the molecule is c1ccc(-c2cccc(Nc3ccc(-c4cccc5c4sc4c6ccccc6ccc54)cc3)c2)cc1. The third-order valence-electron chi connectivity index (χ3n) is 6.84. The lowest BCUT2D eigenvalue weighted by Gasteiger charge is -2.10. The van der Waals surface area contributed by atoms with E-state index in [9.17, 15) is 0 Å². The number of thiophene rings is 1. The van der Waals surface area contributed by atoms with E-state index in [1.165, 1.54) is 53.2 Å². The molecule has 0 radical (unpaired) electrons. The van der Waals surface area contributed by atoms with Crippen LogP contribution in [0.5, 0.6) is 0 Å². The van der Waals surface area contributed by atoms with Crippen LogP contribution < -0.4 is 5.32 Å². The zero-order valence-electron chi connectivity index (χ0n) is 19.6. The molecule has 0 aliphatic rings. The quantitative estimate of drug-likeness (QED) is 0.266. The third-order valence-corrected chi connectivity index (χ3v) is 8.13. The summed E-state index contributed by atoms with van der Waals surface area (Å²) in [5, 5.41) is 8.87. The van der Waals surface area contributed by atoms with Crippen LogP contribution in [-0.2, 0) is 0 Å². The molecule has 6 aromatic carbocycles. The molecule has 0 aliphatic heterocycles. The fourth-order valence-electron chi connectivity index (χ4n) is 5.06. The summed E-state index contributed by atoms with van der Waals surface area (Å²) in [4.78, 5) is 0. The Balaban J connectivity index is 1.24. The van der Waals surface area contributed by atoms with Gasteiger partial charge in [0.15, 0.2) is 0 Å². The molecule has 170 valence electrons. The van der Waals surface area contributed by atoms with Crippen molar-refractivity contribution < 1.29 is 0 Å². The summed E-state index contributed by atoms with van der Waals surface area (Å²) in [5.41, 5.74) is 7.12. The summed E-state index contributed by atoms with van der Waals surface area (Å²) < 4.78 is 2.72. The van der Waals surface area contributed by atoms with Crippen molar-refractivity contribution in [3.63, 3.8) is 0 Å². The largest absolute Gasteiger partial charge is 0.356 e. The minimum atomic E-state index is 1.08. The summed E-state index contributed by atoms with van der Waals surface area (Å²) >= 11 is 1.90. The molecule has 7 aromatic rings. The zero-order chi connectivity index (χ0) is 23.9. The van der Waals surface area contributed by atoms with Crippen LogP contribution in [0.1, 0.15) is 0 Å². The van der Waals surface area contributed by atoms with Gasteiger partial charge in [-0.25, -0.2) is 0 Å². The van der Waals surface area contributed by atoms with Gasteiger partial charge in [-0.3, -0.25) is 0 Å². The lowest BCUT2D eigenvalue weighted by atomic mass is 10.0. The molecule has 36 heavy (non-hydrogen) atoms. The number of anilines is 2. The molecule has 0 amide bonds. The number of rotatable bonds is 4. The molecular formula is C34H23NS. The monoisotopic (exact) mass is 477 g/mol. The van der Waals surface area contributed by atoms with E-state index in [0.29, 0.717) is 0 Å². The Bertz CT molecular complexity index is 1850. The van der Waals surface area contributed by atoms with Crippen LogP contribution in [-0.4, -0.2) is 0 Å². The van der Waals surface area contributed by atoms with Crippen LogP contribution >= 0.6 is 11.3 Å². The molecule has 2 heteroatoms. The van der Waals surface area contributed by atoms with Gasteiger partial charge in [0, 0.05) is 31.5 Å². The summed E-state index contributed by atoms with van der Waals surface area (Å²) in [6, 6.07) is 47.7. The smallest absolute Gasteiger partial charge is 0.0434 e. The van der Waals surface area contributed by atoms with Gasteiger partial charge in [0.1, 0.15) is 0 Å². The molecule has 0 spiro atoms. The number of hydrogen-bond donors (Lipinski definition) is 1. The highest BCUT2D eigenvalue weighted by Gasteiger charge is 2.12. The van der Waals surface area contributed by atoms with Gasteiger partial charge >= 0.3 is 0 Å². The molecule has 7 rings (SSSR count). The van der Waals surface area contributed by atoms with Crippen LogP contribution in [0, 0.1) is 0 Å². The minimum absolute atomic E-state index is 1.08. The van der Waals surface area contributed by atoms with E-state index in [0.717, 1.165) is 11.4 Å². The van der Waals surface area contributed by atoms with Crippen molar-refractivity contribution in [2.75, 3.05) is 5.32 Å². The van der Waals surface area contributed by atoms with Gasteiger partial charge in [0.2, 0.25) is 0 Å². The zero-order valence-corrected chi connectivity index (χ0v) is 20.4. The normalized spacial score (nSPS) is 11.3. The van der Waals surface area contributed by atoms with Crippen molar-refractivity contribution in [2.45, 2.75) is 0 Å². The van der Waals surface area contributed by atoms with E-state index in [1.807, 2.05) is 11.3 Å². The van der Waals surface area contributed by atoms with Gasteiger partial charge < -0.3 is 5.32 Å². The molecule has 1 nitrogen and oxygen atoms in total. The van der Waals surface area contributed by atoms with Crippen LogP contribution in [0.3, 0.4) is 0 Å². The molecule has 0 bridgehead atoms. The minimum Gasteiger partial charge on any atom is -0.356 e. The Morgan fingerprint density at radius 2 is 1.14 bits per heavy atom. The fraction of sp³-hybridized carbons (Fsp3) is 0. The van der Waals surface area contributed by atoms with Gasteiger partial charge in [0.25, 0.3) is 0 Å². The molecule has 0 unspecified atom stereocenters. The lowest BCUT2D eigenvalue weighted by Crippen LogP contribution is -1.90.